The Morgan fingerprint density at radius 1 is 0.950 bits per heavy atom. The Morgan fingerprint density at radius 2 is 1.70 bits per heavy atom. The van der Waals surface area contributed by atoms with Crippen molar-refractivity contribution >= 4 is 11.6 Å². The molecular formula is C16H18ClNO2. The second kappa shape index (κ2) is 7.78. The molecular weight excluding hydrogens is 274 g/mol. The number of nitrogens with two attached hydrogens (primary N) is 1. The van der Waals surface area contributed by atoms with E-state index in [1.54, 1.807) is 0 Å². The standard InChI is InChI=1S/C16H18ClNO2/c17-15-12-13(8-9-18)6-7-16(15)20-11-10-19-14-4-2-1-3-5-14/h1-7,12H,8-11,18H2. The number of para-hydroxylation sites is 1. The molecule has 0 saturated heterocycles. The Morgan fingerprint density at radius 3 is 2.40 bits per heavy atom. The SMILES string of the molecule is NCCc1ccc(OCCOc2ccccc2)c(Cl)c1. The first-order chi connectivity index (χ1) is 9.79. The summed E-state index contributed by atoms with van der Waals surface area (Å²) < 4.78 is 11.1. The minimum Gasteiger partial charge on any atom is -0.490 e. The van der Waals surface area contributed by atoms with E-state index < -0.39 is 0 Å². The molecule has 106 valence electrons. The molecule has 0 heterocycles. The minimum atomic E-state index is 0.449. The summed E-state index contributed by atoms with van der Waals surface area (Å²) in [5.74, 6) is 1.50. The first kappa shape index (κ1) is 14.7. The summed E-state index contributed by atoms with van der Waals surface area (Å²) >= 11 is 6.15. The largest absolute Gasteiger partial charge is 0.490 e. The maximum Gasteiger partial charge on any atom is 0.138 e. The molecule has 0 aliphatic carbocycles. The molecule has 2 aromatic carbocycles. The normalized spacial score (nSPS) is 10.3. The fourth-order valence-electron chi connectivity index (χ4n) is 1.81. The summed E-state index contributed by atoms with van der Waals surface area (Å²) in [5, 5.41) is 0.607. The van der Waals surface area contributed by atoms with Gasteiger partial charge in [-0.2, -0.15) is 0 Å². The summed E-state index contributed by atoms with van der Waals surface area (Å²) in [6.07, 6.45) is 0.817. The van der Waals surface area contributed by atoms with Gasteiger partial charge in [-0.3, -0.25) is 0 Å². The zero-order valence-corrected chi connectivity index (χ0v) is 12.0. The highest BCUT2D eigenvalue weighted by molar-refractivity contribution is 6.32. The smallest absolute Gasteiger partial charge is 0.138 e. The molecule has 0 aliphatic heterocycles. The maximum absolute atomic E-state index is 6.15. The van der Waals surface area contributed by atoms with Crippen molar-refractivity contribution in [1.82, 2.24) is 0 Å². The molecule has 0 aromatic heterocycles. The monoisotopic (exact) mass is 291 g/mol. The highest BCUT2D eigenvalue weighted by Crippen LogP contribution is 2.25. The highest BCUT2D eigenvalue weighted by Gasteiger charge is 2.03. The van der Waals surface area contributed by atoms with Crippen LogP contribution in [0.25, 0.3) is 0 Å². The van der Waals surface area contributed by atoms with Crippen molar-refractivity contribution in [3.63, 3.8) is 0 Å². The van der Waals surface area contributed by atoms with Crippen molar-refractivity contribution in [2.45, 2.75) is 6.42 Å². The lowest BCUT2D eigenvalue weighted by Gasteiger charge is -2.10. The number of hydrogen-bond acceptors (Lipinski definition) is 3. The number of rotatable bonds is 7. The highest BCUT2D eigenvalue weighted by atomic mass is 35.5. The van der Waals surface area contributed by atoms with Crippen molar-refractivity contribution in [1.29, 1.82) is 0 Å². The van der Waals surface area contributed by atoms with Gasteiger partial charge in [0.25, 0.3) is 0 Å². The molecule has 0 fully saturated rings. The molecule has 0 radical (unpaired) electrons. The first-order valence-electron chi connectivity index (χ1n) is 6.59. The van der Waals surface area contributed by atoms with Crippen LogP contribution in [0.2, 0.25) is 5.02 Å². The molecule has 20 heavy (non-hydrogen) atoms. The third kappa shape index (κ3) is 4.44. The van der Waals surface area contributed by atoms with Crippen molar-refractivity contribution in [2.75, 3.05) is 19.8 Å². The van der Waals surface area contributed by atoms with E-state index in [-0.39, 0.29) is 0 Å². The fourth-order valence-corrected chi connectivity index (χ4v) is 2.07. The van der Waals surface area contributed by atoms with Gasteiger partial charge in [-0.25, -0.2) is 0 Å². The Balaban J connectivity index is 1.79. The zero-order chi connectivity index (χ0) is 14.2. The molecule has 0 bridgehead atoms. The van der Waals surface area contributed by atoms with Crippen molar-refractivity contribution in [3.8, 4) is 11.5 Å². The van der Waals surface area contributed by atoms with Crippen molar-refractivity contribution in [2.24, 2.45) is 5.73 Å². The topological polar surface area (TPSA) is 44.5 Å². The van der Waals surface area contributed by atoms with Crippen LogP contribution in [0.5, 0.6) is 11.5 Å². The van der Waals surface area contributed by atoms with Gasteiger partial charge in [0.2, 0.25) is 0 Å². The van der Waals surface area contributed by atoms with Gasteiger partial charge in [-0.05, 0) is 42.8 Å². The summed E-state index contributed by atoms with van der Waals surface area (Å²) in [7, 11) is 0. The molecule has 0 saturated carbocycles. The van der Waals surface area contributed by atoms with Gasteiger partial charge in [-0.1, -0.05) is 35.9 Å². The zero-order valence-electron chi connectivity index (χ0n) is 11.2. The number of halogens is 1. The molecule has 0 unspecified atom stereocenters. The molecule has 0 atom stereocenters. The van der Waals surface area contributed by atoms with E-state index in [1.165, 1.54) is 0 Å². The van der Waals surface area contributed by atoms with E-state index >= 15 is 0 Å². The molecule has 2 rings (SSSR count). The van der Waals surface area contributed by atoms with E-state index in [0.29, 0.717) is 30.5 Å². The average molecular weight is 292 g/mol. The van der Waals surface area contributed by atoms with Crippen LogP contribution < -0.4 is 15.2 Å². The molecule has 0 spiro atoms. The molecule has 2 aromatic rings. The third-order valence-electron chi connectivity index (χ3n) is 2.78. The van der Waals surface area contributed by atoms with E-state index in [2.05, 4.69) is 0 Å². The lowest BCUT2D eigenvalue weighted by atomic mass is 10.1. The quantitative estimate of drug-likeness (QED) is 0.796. The van der Waals surface area contributed by atoms with Crippen LogP contribution in [-0.2, 0) is 6.42 Å². The van der Waals surface area contributed by atoms with Crippen LogP contribution in [0.3, 0.4) is 0 Å². The van der Waals surface area contributed by atoms with E-state index in [4.69, 9.17) is 26.8 Å². The Kier molecular flexibility index (Phi) is 5.71. The van der Waals surface area contributed by atoms with Gasteiger partial charge in [0.05, 0.1) is 5.02 Å². The molecule has 4 heteroatoms. The second-order valence-corrected chi connectivity index (χ2v) is 4.72. The summed E-state index contributed by atoms with van der Waals surface area (Å²) in [5.41, 5.74) is 6.63. The molecule has 0 amide bonds. The van der Waals surface area contributed by atoms with Crippen molar-refractivity contribution < 1.29 is 9.47 Å². The van der Waals surface area contributed by atoms with Crippen LogP contribution in [0.4, 0.5) is 0 Å². The Bertz CT molecular complexity index is 531. The maximum atomic E-state index is 6.15. The van der Waals surface area contributed by atoms with Gasteiger partial charge in [0.15, 0.2) is 0 Å². The Labute approximate surface area is 124 Å². The minimum absolute atomic E-state index is 0.449. The van der Waals surface area contributed by atoms with Crippen LogP contribution in [0.15, 0.2) is 48.5 Å². The van der Waals surface area contributed by atoms with E-state index in [0.717, 1.165) is 17.7 Å². The number of benzene rings is 2. The van der Waals surface area contributed by atoms with E-state index in [9.17, 15) is 0 Å². The summed E-state index contributed by atoms with van der Waals surface area (Å²) in [6, 6.07) is 15.4. The summed E-state index contributed by atoms with van der Waals surface area (Å²) in [6.45, 7) is 1.54. The fraction of sp³-hybridized carbons (Fsp3) is 0.250. The van der Waals surface area contributed by atoms with Crippen LogP contribution >= 0.6 is 11.6 Å². The van der Waals surface area contributed by atoms with Crippen molar-refractivity contribution in [3.05, 3.63) is 59.1 Å². The van der Waals surface area contributed by atoms with Gasteiger partial charge in [0.1, 0.15) is 24.7 Å². The van der Waals surface area contributed by atoms with Crippen LogP contribution in [0, 0.1) is 0 Å². The van der Waals surface area contributed by atoms with Gasteiger partial charge in [-0.15, -0.1) is 0 Å². The second-order valence-electron chi connectivity index (χ2n) is 4.31. The van der Waals surface area contributed by atoms with Gasteiger partial charge in [0, 0.05) is 0 Å². The number of ether oxygens (including phenoxy) is 2. The van der Waals surface area contributed by atoms with Gasteiger partial charge < -0.3 is 15.2 Å². The van der Waals surface area contributed by atoms with Gasteiger partial charge >= 0.3 is 0 Å². The lowest BCUT2D eigenvalue weighted by molar-refractivity contribution is 0.217. The third-order valence-corrected chi connectivity index (χ3v) is 3.08. The Hall–Kier alpha value is -1.71. The summed E-state index contributed by atoms with van der Waals surface area (Å²) in [4.78, 5) is 0. The lowest BCUT2D eigenvalue weighted by Crippen LogP contribution is -2.09. The predicted octanol–water partition coefficient (Wildman–Crippen LogP) is 3.30. The first-order valence-corrected chi connectivity index (χ1v) is 6.96. The molecule has 2 N–H and O–H groups in total. The van der Waals surface area contributed by atoms with Crippen LogP contribution in [0.1, 0.15) is 5.56 Å². The van der Waals surface area contributed by atoms with Crippen LogP contribution in [-0.4, -0.2) is 19.8 Å². The molecule has 3 nitrogen and oxygen atoms in total. The average Bonchev–Trinajstić information content (AvgIpc) is 2.47. The molecule has 0 aliphatic rings. The number of hydrogen-bond donors (Lipinski definition) is 1. The predicted molar refractivity (Wildman–Crippen MR) is 81.6 cm³/mol. The van der Waals surface area contributed by atoms with E-state index in [1.807, 2.05) is 48.5 Å².